The Morgan fingerprint density at radius 3 is 2.94 bits per heavy atom. The molecule has 1 aromatic rings. The van der Waals surface area contributed by atoms with Gasteiger partial charge in [0.05, 0.1) is 19.3 Å². The van der Waals surface area contributed by atoms with Gasteiger partial charge in [-0.15, -0.1) is 0 Å². The van der Waals surface area contributed by atoms with Crippen molar-refractivity contribution in [2.45, 2.75) is 26.3 Å². The molecule has 1 amide bonds. The number of benzene rings is 1. The van der Waals surface area contributed by atoms with Crippen molar-refractivity contribution in [3.63, 3.8) is 0 Å². The number of carbonyl (C=O) groups excluding carboxylic acids is 1. The Bertz CT molecular complexity index is 427. The number of hydrogen-bond acceptors (Lipinski definition) is 2. The summed E-state index contributed by atoms with van der Waals surface area (Å²) in [4.78, 5) is 14.5. The van der Waals surface area contributed by atoms with Crippen LogP contribution in [0.3, 0.4) is 0 Å². The smallest absolute Gasteiger partial charge is 0.254 e. The Morgan fingerprint density at radius 1 is 1.50 bits per heavy atom. The molecule has 1 atom stereocenters. The van der Waals surface area contributed by atoms with E-state index in [0.29, 0.717) is 19.8 Å². The Kier molecular flexibility index (Phi) is 4.40. The summed E-state index contributed by atoms with van der Waals surface area (Å²) in [6, 6.07) is 6.03. The van der Waals surface area contributed by atoms with Gasteiger partial charge in [0.2, 0.25) is 0 Å². The van der Waals surface area contributed by atoms with E-state index >= 15 is 0 Å². The van der Waals surface area contributed by atoms with Gasteiger partial charge >= 0.3 is 0 Å². The average molecular weight is 312 g/mol. The van der Waals surface area contributed by atoms with Gasteiger partial charge in [-0.05, 0) is 37.1 Å². The molecule has 0 bridgehead atoms. The van der Waals surface area contributed by atoms with E-state index in [-0.39, 0.29) is 11.9 Å². The fraction of sp³-hybridized carbons (Fsp3) is 0.500. The highest BCUT2D eigenvalue weighted by molar-refractivity contribution is 9.10. The first-order valence-electron chi connectivity index (χ1n) is 6.27. The van der Waals surface area contributed by atoms with Crippen LogP contribution >= 0.6 is 15.9 Å². The third-order valence-corrected chi connectivity index (χ3v) is 3.71. The molecule has 2 rings (SSSR count). The molecule has 1 aliphatic rings. The molecule has 0 aromatic heterocycles. The second-order valence-corrected chi connectivity index (χ2v) is 5.57. The number of aryl methyl sites for hydroxylation is 1. The highest BCUT2D eigenvalue weighted by Crippen LogP contribution is 2.19. The number of hydrogen-bond donors (Lipinski definition) is 0. The van der Waals surface area contributed by atoms with Crippen LogP contribution in [-0.4, -0.2) is 36.6 Å². The summed E-state index contributed by atoms with van der Waals surface area (Å²) in [6.07, 6.45) is 0.929. The van der Waals surface area contributed by atoms with Crippen molar-refractivity contribution < 1.29 is 9.53 Å². The molecular weight excluding hydrogens is 294 g/mol. The van der Waals surface area contributed by atoms with E-state index in [0.717, 1.165) is 22.0 Å². The van der Waals surface area contributed by atoms with Gasteiger partial charge in [0.1, 0.15) is 0 Å². The topological polar surface area (TPSA) is 29.5 Å². The van der Waals surface area contributed by atoms with Crippen molar-refractivity contribution >= 4 is 21.8 Å². The quantitative estimate of drug-likeness (QED) is 0.840. The molecule has 1 aromatic carbocycles. The Balaban J connectivity index is 2.23. The molecule has 0 N–H and O–H groups in total. The number of amides is 1. The monoisotopic (exact) mass is 311 g/mol. The lowest BCUT2D eigenvalue weighted by atomic mass is 10.1. The molecule has 1 saturated heterocycles. The summed E-state index contributed by atoms with van der Waals surface area (Å²) >= 11 is 3.44. The van der Waals surface area contributed by atoms with Gasteiger partial charge in [0.25, 0.3) is 5.91 Å². The fourth-order valence-electron chi connectivity index (χ4n) is 2.29. The van der Waals surface area contributed by atoms with Crippen LogP contribution in [0.15, 0.2) is 22.7 Å². The zero-order valence-electron chi connectivity index (χ0n) is 10.8. The van der Waals surface area contributed by atoms with E-state index in [1.807, 2.05) is 30.0 Å². The first-order chi connectivity index (χ1) is 8.61. The highest BCUT2D eigenvalue weighted by atomic mass is 79.9. The van der Waals surface area contributed by atoms with Crippen molar-refractivity contribution in [1.29, 1.82) is 0 Å². The fourth-order valence-corrected chi connectivity index (χ4v) is 2.89. The molecule has 18 heavy (non-hydrogen) atoms. The maximum atomic E-state index is 12.5. The minimum absolute atomic E-state index is 0.106. The second-order valence-electron chi connectivity index (χ2n) is 4.65. The van der Waals surface area contributed by atoms with E-state index in [9.17, 15) is 4.79 Å². The number of ether oxygens (including phenoxy) is 1. The standard InChI is InChI=1S/C14H18BrNO2/c1-3-13-9-18-5-4-16(13)14(17)11-6-10(2)7-12(15)8-11/h6-8,13H,3-5,9H2,1-2H3. The van der Waals surface area contributed by atoms with Crippen LogP contribution < -0.4 is 0 Å². The molecule has 1 aliphatic heterocycles. The third kappa shape index (κ3) is 2.93. The predicted molar refractivity (Wildman–Crippen MR) is 74.8 cm³/mol. The van der Waals surface area contributed by atoms with E-state index in [1.165, 1.54) is 0 Å². The molecule has 1 fully saturated rings. The number of morpholine rings is 1. The van der Waals surface area contributed by atoms with E-state index in [1.54, 1.807) is 0 Å². The van der Waals surface area contributed by atoms with Crippen molar-refractivity contribution in [3.8, 4) is 0 Å². The molecular formula is C14H18BrNO2. The first kappa shape index (κ1) is 13.6. The largest absolute Gasteiger partial charge is 0.377 e. The molecule has 98 valence electrons. The summed E-state index contributed by atoms with van der Waals surface area (Å²) < 4.78 is 6.38. The molecule has 4 heteroatoms. The molecule has 3 nitrogen and oxygen atoms in total. The van der Waals surface area contributed by atoms with Gasteiger partial charge in [-0.3, -0.25) is 4.79 Å². The maximum Gasteiger partial charge on any atom is 0.254 e. The minimum atomic E-state index is 0.106. The van der Waals surface area contributed by atoms with Gasteiger partial charge in [-0.25, -0.2) is 0 Å². The van der Waals surface area contributed by atoms with E-state index in [2.05, 4.69) is 22.9 Å². The number of nitrogens with zero attached hydrogens (tertiary/aromatic N) is 1. The third-order valence-electron chi connectivity index (χ3n) is 3.25. The summed E-state index contributed by atoms with van der Waals surface area (Å²) in [5.41, 5.74) is 1.84. The van der Waals surface area contributed by atoms with E-state index in [4.69, 9.17) is 4.74 Å². The van der Waals surface area contributed by atoms with Crippen LogP contribution in [0.25, 0.3) is 0 Å². The molecule has 1 unspecified atom stereocenters. The van der Waals surface area contributed by atoms with Crippen LogP contribution in [0.1, 0.15) is 29.3 Å². The van der Waals surface area contributed by atoms with Gasteiger partial charge in [0, 0.05) is 16.6 Å². The van der Waals surface area contributed by atoms with Crippen LogP contribution in [0, 0.1) is 6.92 Å². The SMILES string of the molecule is CCC1COCCN1C(=O)c1cc(C)cc(Br)c1. The summed E-state index contributed by atoms with van der Waals surface area (Å²) in [5, 5.41) is 0. The van der Waals surface area contributed by atoms with Crippen LogP contribution in [0.4, 0.5) is 0 Å². The maximum absolute atomic E-state index is 12.5. The van der Waals surface area contributed by atoms with Crippen molar-refractivity contribution in [3.05, 3.63) is 33.8 Å². The summed E-state index contributed by atoms with van der Waals surface area (Å²) in [5.74, 6) is 0.106. The molecule has 0 aliphatic carbocycles. The van der Waals surface area contributed by atoms with Gasteiger partial charge in [0.15, 0.2) is 0 Å². The minimum Gasteiger partial charge on any atom is -0.377 e. The predicted octanol–water partition coefficient (Wildman–Crippen LogP) is 3.01. The van der Waals surface area contributed by atoms with Gasteiger partial charge in [-0.2, -0.15) is 0 Å². The van der Waals surface area contributed by atoms with Crippen molar-refractivity contribution in [2.75, 3.05) is 19.8 Å². The Hall–Kier alpha value is -0.870. The molecule has 1 heterocycles. The second kappa shape index (κ2) is 5.85. The lowest BCUT2D eigenvalue weighted by Crippen LogP contribution is -2.48. The lowest BCUT2D eigenvalue weighted by molar-refractivity contribution is -0.00280. The van der Waals surface area contributed by atoms with Gasteiger partial charge in [-0.1, -0.05) is 22.9 Å². The lowest BCUT2D eigenvalue weighted by Gasteiger charge is -2.35. The Morgan fingerprint density at radius 2 is 2.28 bits per heavy atom. The molecule has 0 spiro atoms. The number of carbonyl (C=O) groups is 1. The highest BCUT2D eigenvalue weighted by Gasteiger charge is 2.26. The molecule has 0 saturated carbocycles. The average Bonchev–Trinajstić information content (AvgIpc) is 2.36. The zero-order valence-corrected chi connectivity index (χ0v) is 12.4. The van der Waals surface area contributed by atoms with Crippen molar-refractivity contribution in [2.24, 2.45) is 0 Å². The number of rotatable bonds is 2. The van der Waals surface area contributed by atoms with Gasteiger partial charge < -0.3 is 9.64 Å². The summed E-state index contributed by atoms with van der Waals surface area (Å²) in [6.45, 7) is 6.05. The summed E-state index contributed by atoms with van der Waals surface area (Å²) in [7, 11) is 0. The number of halogens is 1. The van der Waals surface area contributed by atoms with Crippen LogP contribution in [-0.2, 0) is 4.74 Å². The zero-order chi connectivity index (χ0) is 13.1. The van der Waals surface area contributed by atoms with Crippen LogP contribution in [0.5, 0.6) is 0 Å². The van der Waals surface area contributed by atoms with Crippen LogP contribution in [0.2, 0.25) is 0 Å². The first-order valence-corrected chi connectivity index (χ1v) is 7.07. The molecule has 0 radical (unpaired) electrons. The van der Waals surface area contributed by atoms with Crippen molar-refractivity contribution in [1.82, 2.24) is 4.90 Å². The van der Waals surface area contributed by atoms with E-state index < -0.39 is 0 Å². The Labute approximate surface area is 116 Å². The normalized spacial score (nSPS) is 19.9.